The number of anilines is 3. The largest absolute Gasteiger partial charge is 0.396 e. The lowest BCUT2D eigenvalue weighted by atomic mass is 10.0. The van der Waals surface area contributed by atoms with Crippen LogP contribution in [0.2, 0.25) is 0 Å². The van der Waals surface area contributed by atoms with Crippen LogP contribution in [-0.2, 0) is 0 Å². The average Bonchev–Trinajstić information content (AvgIpc) is 2.79. The second-order valence-electron chi connectivity index (χ2n) is 8.27. The lowest BCUT2D eigenvalue weighted by Crippen LogP contribution is -2.31. The van der Waals surface area contributed by atoms with Gasteiger partial charge in [-0.05, 0) is 56.2 Å². The summed E-state index contributed by atoms with van der Waals surface area (Å²) in [6.45, 7) is 4.19. The summed E-state index contributed by atoms with van der Waals surface area (Å²) in [5.41, 5.74) is 10.4. The second kappa shape index (κ2) is 7.90. The molecule has 2 aliphatic rings. The van der Waals surface area contributed by atoms with E-state index in [1.54, 1.807) is 0 Å². The van der Waals surface area contributed by atoms with Gasteiger partial charge in [-0.25, -0.2) is 9.97 Å². The molecule has 0 unspecified atom stereocenters. The normalized spacial score (nSPS) is 17.7. The number of benzene rings is 1. The van der Waals surface area contributed by atoms with E-state index in [1.165, 1.54) is 49.7 Å². The highest BCUT2D eigenvalue weighted by atomic mass is 15.2. The second-order valence-corrected chi connectivity index (χ2v) is 8.27. The van der Waals surface area contributed by atoms with Crippen molar-refractivity contribution < 1.29 is 0 Å². The first kappa shape index (κ1) is 18.2. The minimum absolute atomic E-state index is 0.755. The first-order valence-electron chi connectivity index (χ1n) is 11.0. The molecule has 150 valence electrons. The van der Waals surface area contributed by atoms with Crippen LogP contribution in [0.3, 0.4) is 0 Å². The maximum atomic E-state index is 6.44. The summed E-state index contributed by atoms with van der Waals surface area (Å²) in [4.78, 5) is 14.8. The maximum absolute atomic E-state index is 6.44. The number of hydrogen-bond donors (Lipinski definition) is 1. The summed E-state index contributed by atoms with van der Waals surface area (Å²) in [7, 11) is 0. The van der Waals surface area contributed by atoms with Gasteiger partial charge in [-0.2, -0.15) is 0 Å². The van der Waals surface area contributed by atoms with E-state index in [4.69, 9.17) is 15.7 Å². The highest BCUT2D eigenvalue weighted by Crippen LogP contribution is 2.35. The molecule has 5 nitrogen and oxygen atoms in total. The van der Waals surface area contributed by atoms with Crippen molar-refractivity contribution in [3.05, 3.63) is 42.5 Å². The number of piperidine rings is 2. The summed E-state index contributed by atoms with van der Waals surface area (Å²) in [6.07, 6.45) is 7.46. The number of rotatable bonds is 3. The third-order valence-electron chi connectivity index (χ3n) is 6.19. The minimum atomic E-state index is 0.755. The number of aromatic nitrogens is 2. The van der Waals surface area contributed by atoms with E-state index in [1.807, 2.05) is 0 Å². The molecular formula is C24H29N5. The van der Waals surface area contributed by atoms with Crippen LogP contribution in [0.5, 0.6) is 0 Å². The third kappa shape index (κ3) is 3.61. The van der Waals surface area contributed by atoms with E-state index in [0.717, 1.165) is 54.5 Å². The first-order valence-corrected chi connectivity index (χ1v) is 11.0. The summed E-state index contributed by atoms with van der Waals surface area (Å²) >= 11 is 0. The monoisotopic (exact) mass is 387 g/mol. The zero-order chi connectivity index (χ0) is 19.6. The van der Waals surface area contributed by atoms with Gasteiger partial charge in [0.1, 0.15) is 5.82 Å². The molecular weight excluding hydrogens is 358 g/mol. The Balaban J connectivity index is 1.65. The molecule has 5 heteroatoms. The summed E-state index contributed by atoms with van der Waals surface area (Å²) in [5, 5.41) is 1.02. The van der Waals surface area contributed by atoms with Crippen molar-refractivity contribution in [1.29, 1.82) is 0 Å². The average molecular weight is 388 g/mol. The molecule has 3 aromatic rings. The lowest BCUT2D eigenvalue weighted by molar-refractivity contribution is 0.573. The highest BCUT2D eigenvalue weighted by Gasteiger charge is 2.21. The van der Waals surface area contributed by atoms with Gasteiger partial charge < -0.3 is 15.5 Å². The molecule has 2 fully saturated rings. The topological polar surface area (TPSA) is 58.3 Å². The molecule has 2 aliphatic heterocycles. The number of hydrogen-bond acceptors (Lipinski definition) is 5. The van der Waals surface area contributed by atoms with Gasteiger partial charge in [-0.15, -0.1) is 0 Å². The molecule has 0 amide bonds. The third-order valence-corrected chi connectivity index (χ3v) is 6.19. The summed E-state index contributed by atoms with van der Waals surface area (Å²) in [6, 6.07) is 14.8. The molecule has 0 atom stereocenters. The smallest absolute Gasteiger partial charge is 0.164 e. The fourth-order valence-electron chi connectivity index (χ4n) is 4.64. The number of nitrogens with zero attached hydrogens (tertiary/aromatic N) is 4. The molecule has 0 saturated carbocycles. The first-order chi connectivity index (χ1) is 14.3. The van der Waals surface area contributed by atoms with E-state index in [0.29, 0.717) is 0 Å². The van der Waals surface area contributed by atoms with E-state index < -0.39 is 0 Å². The summed E-state index contributed by atoms with van der Waals surface area (Å²) < 4.78 is 0. The Labute approximate surface area is 172 Å². The maximum Gasteiger partial charge on any atom is 0.164 e. The molecule has 2 aromatic heterocycles. The van der Waals surface area contributed by atoms with E-state index in [2.05, 4.69) is 52.3 Å². The van der Waals surface area contributed by atoms with Crippen LogP contribution in [0.1, 0.15) is 38.5 Å². The molecule has 0 aliphatic carbocycles. The van der Waals surface area contributed by atoms with Gasteiger partial charge in [0, 0.05) is 37.1 Å². The molecule has 0 bridgehead atoms. The van der Waals surface area contributed by atoms with Crippen molar-refractivity contribution in [3.63, 3.8) is 0 Å². The Morgan fingerprint density at radius 2 is 1.28 bits per heavy atom. The van der Waals surface area contributed by atoms with Crippen molar-refractivity contribution in [3.8, 4) is 11.1 Å². The number of nitrogen functional groups attached to an aromatic ring is 1. The van der Waals surface area contributed by atoms with Crippen LogP contribution >= 0.6 is 0 Å². The highest BCUT2D eigenvalue weighted by molar-refractivity contribution is 5.91. The van der Waals surface area contributed by atoms with Crippen LogP contribution in [-0.4, -0.2) is 36.1 Å². The predicted octanol–water partition coefficient (Wildman–Crippen LogP) is 4.86. The Hall–Kier alpha value is -2.82. The molecule has 0 spiro atoms. The van der Waals surface area contributed by atoms with Crippen LogP contribution in [0.15, 0.2) is 42.5 Å². The van der Waals surface area contributed by atoms with Crippen molar-refractivity contribution in [1.82, 2.24) is 9.97 Å². The molecule has 1 aromatic carbocycles. The minimum Gasteiger partial charge on any atom is -0.396 e. The number of nitrogens with two attached hydrogens (primary N) is 1. The summed E-state index contributed by atoms with van der Waals surface area (Å²) in [5.74, 6) is 1.96. The van der Waals surface area contributed by atoms with E-state index >= 15 is 0 Å². The van der Waals surface area contributed by atoms with Crippen LogP contribution in [0.25, 0.3) is 22.2 Å². The Bertz CT molecular complexity index is 989. The van der Waals surface area contributed by atoms with Crippen LogP contribution < -0.4 is 15.5 Å². The van der Waals surface area contributed by atoms with Gasteiger partial charge in [0.15, 0.2) is 11.5 Å². The van der Waals surface area contributed by atoms with Crippen molar-refractivity contribution in [2.45, 2.75) is 38.5 Å². The fourth-order valence-corrected chi connectivity index (χ4v) is 4.64. The van der Waals surface area contributed by atoms with Crippen molar-refractivity contribution >= 4 is 28.4 Å². The van der Waals surface area contributed by atoms with Gasteiger partial charge in [-0.3, -0.25) is 0 Å². The molecule has 4 heterocycles. The Morgan fingerprint density at radius 1 is 0.690 bits per heavy atom. The number of pyridine rings is 2. The van der Waals surface area contributed by atoms with Gasteiger partial charge in [0.25, 0.3) is 0 Å². The Morgan fingerprint density at radius 3 is 1.93 bits per heavy atom. The molecule has 5 rings (SSSR count). The quantitative estimate of drug-likeness (QED) is 0.695. The van der Waals surface area contributed by atoms with E-state index in [9.17, 15) is 0 Å². The molecule has 0 radical (unpaired) electrons. The van der Waals surface area contributed by atoms with Gasteiger partial charge in [0.05, 0.1) is 5.69 Å². The molecule has 29 heavy (non-hydrogen) atoms. The fraction of sp³-hybridized carbons (Fsp3) is 0.417. The van der Waals surface area contributed by atoms with Crippen LogP contribution in [0, 0.1) is 0 Å². The van der Waals surface area contributed by atoms with E-state index in [-0.39, 0.29) is 0 Å². The zero-order valence-electron chi connectivity index (χ0n) is 17.0. The van der Waals surface area contributed by atoms with Crippen molar-refractivity contribution in [2.75, 3.05) is 41.7 Å². The Kier molecular flexibility index (Phi) is 4.96. The zero-order valence-corrected chi connectivity index (χ0v) is 17.0. The SMILES string of the molecule is Nc1cc2cc(-c3ccccc3)c(N3CCCCC3)nc2nc1N1CCCCC1. The van der Waals surface area contributed by atoms with Gasteiger partial charge in [-0.1, -0.05) is 30.3 Å². The van der Waals surface area contributed by atoms with Gasteiger partial charge >= 0.3 is 0 Å². The van der Waals surface area contributed by atoms with Gasteiger partial charge in [0.2, 0.25) is 0 Å². The van der Waals surface area contributed by atoms with Crippen molar-refractivity contribution in [2.24, 2.45) is 0 Å². The number of fused-ring (bicyclic) bond motifs is 1. The van der Waals surface area contributed by atoms with Crippen LogP contribution in [0.4, 0.5) is 17.3 Å². The lowest BCUT2D eigenvalue weighted by Gasteiger charge is -2.30. The molecule has 2 saturated heterocycles. The molecule has 2 N–H and O–H groups in total. The predicted molar refractivity (Wildman–Crippen MR) is 122 cm³/mol. The standard InChI is InChI=1S/C24H29N5/c25-21-17-19-16-20(18-10-4-1-5-11-18)23(28-12-6-2-7-13-28)26-22(19)27-24(21)29-14-8-3-9-15-29/h1,4-5,10-11,16-17H,2-3,6-9,12-15,25H2.